The highest BCUT2D eigenvalue weighted by Gasteiger charge is 2.29. The lowest BCUT2D eigenvalue weighted by atomic mass is 10.0. The van der Waals surface area contributed by atoms with E-state index in [1.807, 2.05) is 6.07 Å². The minimum Gasteiger partial charge on any atom is -0.494 e. The maximum atomic E-state index is 11.7. The summed E-state index contributed by atoms with van der Waals surface area (Å²) in [5.74, 6) is 1.01. The van der Waals surface area contributed by atoms with Gasteiger partial charge < -0.3 is 5.11 Å². The summed E-state index contributed by atoms with van der Waals surface area (Å²) in [6.07, 6.45) is 3.12. The van der Waals surface area contributed by atoms with Crippen molar-refractivity contribution in [3.05, 3.63) is 30.2 Å². The van der Waals surface area contributed by atoms with Gasteiger partial charge in [-0.15, -0.1) is 0 Å². The number of sulfone groups is 1. The first kappa shape index (κ1) is 11.5. The summed E-state index contributed by atoms with van der Waals surface area (Å²) in [5.41, 5.74) is 0.785. The number of fused-ring (bicyclic) bond motifs is 1. The average molecular weight is 266 g/mol. The van der Waals surface area contributed by atoms with Crippen molar-refractivity contribution in [1.29, 1.82) is 0 Å². The lowest BCUT2D eigenvalue weighted by Crippen LogP contribution is -2.25. The third kappa shape index (κ3) is 1.86. The molecule has 1 saturated heterocycles. The predicted molar refractivity (Wildman–Crippen MR) is 67.5 cm³/mol. The maximum absolute atomic E-state index is 11.7. The van der Waals surface area contributed by atoms with Crippen LogP contribution in [0.15, 0.2) is 24.4 Å². The maximum Gasteiger partial charge on any atom is 0.197 e. The molecule has 18 heavy (non-hydrogen) atoms. The Morgan fingerprint density at radius 1 is 1.39 bits per heavy atom. The second-order valence-corrected chi connectivity index (χ2v) is 6.94. The van der Waals surface area contributed by atoms with E-state index < -0.39 is 9.84 Å². The van der Waals surface area contributed by atoms with E-state index in [0.29, 0.717) is 12.2 Å². The van der Waals surface area contributed by atoms with Crippen LogP contribution >= 0.6 is 0 Å². The van der Waals surface area contributed by atoms with Crippen LogP contribution in [0.25, 0.3) is 5.52 Å². The molecule has 0 bridgehead atoms. The van der Waals surface area contributed by atoms with Crippen molar-refractivity contribution >= 4 is 15.4 Å². The van der Waals surface area contributed by atoms with Crippen molar-refractivity contribution in [1.82, 2.24) is 9.38 Å². The first-order chi connectivity index (χ1) is 8.57. The molecule has 5 nitrogen and oxygen atoms in total. The zero-order valence-electron chi connectivity index (χ0n) is 9.78. The van der Waals surface area contributed by atoms with Crippen LogP contribution in [0, 0.1) is 0 Å². The fourth-order valence-corrected chi connectivity index (χ4v) is 4.27. The fourth-order valence-electron chi connectivity index (χ4n) is 2.57. The largest absolute Gasteiger partial charge is 0.494 e. The Morgan fingerprint density at radius 2 is 2.22 bits per heavy atom. The summed E-state index contributed by atoms with van der Waals surface area (Å²) in [5, 5.41) is 9.88. The van der Waals surface area contributed by atoms with Crippen LogP contribution in [0.2, 0.25) is 0 Å². The molecular formula is C12H14N2O3S. The Labute approximate surface area is 105 Å². The van der Waals surface area contributed by atoms with Gasteiger partial charge in [0.15, 0.2) is 15.7 Å². The standard InChI is InChI=1S/C12H14N2O3S/c15-11-5-1-4-10-7-13-12(14(10)11)9-3-2-6-18(16,17)8-9/h1,4-5,7,9,15H,2-3,6,8H2. The van der Waals surface area contributed by atoms with Gasteiger partial charge in [-0.05, 0) is 25.0 Å². The number of hydrogen-bond acceptors (Lipinski definition) is 4. The molecule has 2 aromatic rings. The van der Waals surface area contributed by atoms with Crippen LogP contribution in [0.4, 0.5) is 0 Å². The molecular weight excluding hydrogens is 252 g/mol. The number of pyridine rings is 1. The molecule has 6 heteroatoms. The van der Waals surface area contributed by atoms with Crippen LogP contribution in [0.1, 0.15) is 24.6 Å². The first-order valence-electron chi connectivity index (χ1n) is 5.92. The van der Waals surface area contributed by atoms with Gasteiger partial charge in [-0.2, -0.15) is 0 Å². The van der Waals surface area contributed by atoms with Gasteiger partial charge in [0.2, 0.25) is 0 Å². The molecule has 3 rings (SSSR count). The highest BCUT2D eigenvalue weighted by atomic mass is 32.2. The Kier molecular flexibility index (Phi) is 2.55. The van der Waals surface area contributed by atoms with E-state index in [1.54, 1.807) is 22.7 Å². The van der Waals surface area contributed by atoms with Crippen molar-refractivity contribution in [2.24, 2.45) is 0 Å². The van der Waals surface area contributed by atoms with Crippen LogP contribution in [0.5, 0.6) is 5.88 Å². The third-order valence-corrected chi connectivity index (χ3v) is 5.21. The smallest absolute Gasteiger partial charge is 0.197 e. The molecule has 1 N–H and O–H groups in total. The molecule has 1 unspecified atom stereocenters. The normalized spacial score (nSPS) is 23.2. The van der Waals surface area contributed by atoms with E-state index in [-0.39, 0.29) is 23.3 Å². The van der Waals surface area contributed by atoms with Gasteiger partial charge in [0.25, 0.3) is 0 Å². The minimum absolute atomic E-state index is 0.1000. The molecule has 2 aromatic heterocycles. The highest BCUT2D eigenvalue weighted by molar-refractivity contribution is 7.91. The number of nitrogens with zero attached hydrogens (tertiary/aromatic N) is 2. The van der Waals surface area contributed by atoms with Gasteiger partial charge in [0, 0.05) is 5.92 Å². The molecule has 0 aliphatic carbocycles. The second-order valence-electron chi connectivity index (χ2n) is 4.71. The lowest BCUT2D eigenvalue weighted by molar-refractivity contribution is 0.437. The molecule has 0 amide bonds. The molecule has 1 aliphatic rings. The van der Waals surface area contributed by atoms with Crippen molar-refractivity contribution in [3.8, 4) is 5.88 Å². The quantitative estimate of drug-likeness (QED) is 0.845. The number of aromatic hydroxyl groups is 1. The molecule has 1 fully saturated rings. The zero-order chi connectivity index (χ0) is 12.8. The molecule has 1 atom stereocenters. The molecule has 0 radical (unpaired) electrons. The fraction of sp³-hybridized carbons (Fsp3) is 0.417. The second kappa shape index (κ2) is 3.98. The number of aromatic nitrogens is 2. The minimum atomic E-state index is -2.97. The van der Waals surface area contributed by atoms with Crippen molar-refractivity contribution in [2.75, 3.05) is 11.5 Å². The van der Waals surface area contributed by atoms with Crippen LogP contribution < -0.4 is 0 Å². The monoisotopic (exact) mass is 266 g/mol. The van der Waals surface area contributed by atoms with Crippen LogP contribution in [-0.4, -0.2) is 34.4 Å². The molecule has 0 saturated carbocycles. The van der Waals surface area contributed by atoms with Gasteiger partial charge in [-0.25, -0.2) is 13.4 Å². The van der Waals surface area contributed by atoms with E-state index >= 15 is 0 Å². The van der Waals surface area contributed by atoms with Crippen LogP contribution in [-0.2, 0) is 9.84 Å². The van der Waals surface area contributed by atoms with Crippen molar-refractivity contribution in [2.45, 2.75) is 18.8 Å². The summed E-state index contributed by atoms with van der Waals surface area (Å²) in [7, 11) is -2.97. The summed E-state index contributed by atoms with van der Waals surface area (Å²) < 4.78 is 25.0. The van der Waals surface area contributed by atoms with Gasteiger partial charge in [0.05, 0.1) is 23.2 Å². The van der Waals surface area contributed by atoms with E-state index in [4.69, 9.17) is 0 Å². The zero-order valence-corrected chi connectivity index (χ0v) is 10.6. The SMILES string of the molecule is O=S1(=O)CCCC(c2ncc3cccc(O)n23)C1. The van der Waals surface area contributed by atoms with E-state index in [0.717, 1.165) is 11.9 Å². The van der Waals surface area contributed by atoms with Gasteiger partial charge in [0.1, 0.15) is 5.82 Å². The topological polar surface area (TPSA) is 71.7 Å². The Hall–Kier alpha value is -1.56. The number of hydrogen-bond donors (Lipinski definition) is 1. The molecule has 3 heterocycles. The molecule has 0 spiro atoms. The average Bonchev–Trinajstić information content (AvgIpc) is 2.73. The molecule has 1 aliphatic heterocycles. The van der Waals surface area contributed by atoms with Crippen LogP contribution in [0.3, 0.4) is 0 Å². The Balaban J connectivity index is 2.09. The van der Waals surface area contributed by atoms with E-state index in [1.165, 1.54) is 0 Å². The summed E-state index contributed by atoms with van der Waals surface area (Å²) in [6, 6.07) is 5.16. The van der Waals surface area contributed by atoms with E-state index in [9.17, 15) is 13.5 Å². The Morgan fingerprint density at radius 3 is 3.00 bits per heavy atom. The summed E-state index contributed by atoms with van der Waals surface area (Å²) in [6.45, 7) is 0. The lowest BCUT2D eigenvalue weighted by Gasteiger charge is -2.21. The summed E-state index contributed by atoms with van der Waals surface area (Å²) in [4.78, 5) is 4.28. The Bertz CT molecular complexity index is 690. The van der Waals surface area contributed by atoms with Crippen molar-refractivity contribution in [3.63, 3.8) is 0 Å². The van der Waals surface area contributed by atoms with Gasteiger partial charge >= 0.3 is 0 Å². The first-order valence-corrected chi connectivity index (χ1v) is 7.75. The predicted octanol–water partition coefficient (Wildman–Crippen LogP) is 1.33. The van der Waals surface area contributed by atoms with Crippen molar-refractivity contribution < 1.29 is 13.5 Å². The number of rotatable bonds is 1. The number of imidazole rings is 1. The third-order valence-electron chi connectivity index (χ3n) is 3.39. The van der Waals surface area contributed by atoms with E-state index in [2.05, 4.69) is 4.98 Å². The molecule has 96 valence electrons. The van der Waals surface area contributed by atoms with Gasteiger partial charge in [-0.1, -0.05) is 6.07 Å². The molecule has 0 aromatic carbocycles. The highest BCUT2D eigenvalue weighted by Crippen LogP contribution is 2.29. The van der Waals surface area contributed by atoms with Gasteiger partial charge in [-0.3, -0.25) is 4.40 Å². The summed E-state index contributed by atoms with van der Waals surface area (Å²) >= 11 is 0.